The van der Waals surface area contributed by atoms with Crippen molar-refractivity contribution >= 4 is 44.0 Å². The summed E-state index contributed by atoms with van der Waals surface area (Å²) < 4.78 is 62.5. The fourth-order valence-electron chi connectivity index (χ4n) is 4.05. The molecule has 214 valence electrons. The van der Waals surface area contributed by atoms with E-state index in [4.69, 9.17) is 10.2 Å². The highest BCUT2D eigenvalue weighted by Crippen LogP contribution is 2.35. The third kappa shape index (κ3) is 6.13. The third-order valence-corrected chi connectivity index (χ3v) is 7.32. The Kier molecular flexibility index (Phi) is 7.35. The summed E-state index contributed by atoms with van der Waals surface area (Å²) >= 11 is 0. The molecule has 0 spiro atoms. The van der Waals surface area contributed by atoms with Crippen molar-refractivity contribution in [3.63, 3.8) is 0 Å². The van der Waals surface area contributed by atoms with E-state index in [0.29, 0.717) is 16.7 Å². The Labute approximate surface area is 230 Å². The molecule has 1 atom stereocenters. The van der Waals surface area contributed by atoms with Crippen molar-refractivity contribution in [3.8, 4) is 17.0 Å². The van der Waals surface area contributed by atoms with Gasteiger partial charge in [0.15, 0.2) is 12.3 Å². The maximum Gasteiger partial charge on any atom is 0.422 e. The van der Waals surface area contributed by atoms with E-state index in [-0.39, 0.29) is 47.1 Å². The lowest BCUT2D eigenvalue weighted by molar-refractivity contribution is -0.159. The lowest BCUT2D eigenvalue weighted by Crippen LogP contribution is -2.37. The molecule has 5 rings (SSSR count). The van der Waals surface area contributed by atoms with E-state index in [2.05, 4.69) is 35.8 Å². The number of hydrogen-bond acceptors (Lipinski definition) is 9. The summed E-state index contributed by atoms with van der Waals surface area (Å²) in [6.07, 6.45) is -3.31. The molecule has 0 saturated carbocycles. The van der Waals surface area contributed by atoms with Gasteiger partial charge in [0.2, 0.25) is 5.88 Å². The Bertz CT molecular complexity index is 1630. The normalized spacial score (nSPS) is 15.4. The molecule has 0 fully saturated rings. The highest BCUT2D eigenvalue weighted by Gasteiger charge is 2.29. The summed E-state index contributed by atoms with van der Waals surface area (Å²) in [6, 6.07) is 7.22. The van der Waals surface area contributed by atoms with Crippen LogP contribution in [0.2, 0.25) is 6.55 Å². The molecule has 17 heteroatoms. The Morgan fingerprint density at radius 3 is 2.73 bits per heavy atom. The second kappa shape index (κ2) is 10.9. The van der Waals surface area contributed by atoms with Crippen molar-refractivity contribution in [2.75, 3.05) is 29.1 Å². The van der Waals surface area contributed by atoms with Crippen LogP contribution in [-0.2, 0) is 11.3 Å². The zero-order valence-corrected chi connectivity index (χ0v) is 22.4. The molecule has 1 aliphatic rings. The molecule has 12 nitrogen and oxygen atoms in total. The Hall–Kier alpha value is -4.93. The van der Waals surface area contributed by atoms with Crippen LogP contribution in [0.3, 0.4) is 0 Å². The van der Waals surface area contributed by atoms with Crippen LogP contribution >= 0.6 is 0 Å². The minimum absolute atomic E-state index is 0.0341. The SMILES string of the molecule is C[Si@H]1CNC(=O)c2cnn3c(N)c(-c4ccc(NC(=O)OCC(F)(F)F)cc4)c(nc23)NCc2cc(F)cnc2O1. The molecule has 0 saturated heterocycles. The molecule has 5 N–H and O–H groups in total. The van der Waals surface area contributed by atoms with Gasteiger partial charge in [-0.05, 0) is 30.3 Å². The number of hydrogen-bond donors (Lipinski definition) is 4. The molecular formula is C24H22F4N8O4Si. The minimum Gasteiger partial charge on any atom is -0.532 e. The van der Waals surface area contributed by atoms with Gasteiger partial charge in [-0.25, -0.2) is 19.2 Å². The predicted molar refractivity (Wildman–Crippen MR) is 141 cm³/mol. The summed E-state index contributed by atoms with van der Waals surface area (Å²) in [7, 11) is -2.01. The second-order valence-electron chi connectivity index (χ2n) is 9.02. The van der Waals surface area contributed by atoms with Gasteiger partial charge in [-0.2, -0.15) is 22.8 Å². The van der Waals surface area contributed by atoms with Crippen molar-refractivity contribution < 1.29 is 36.3 Å². The molecule has 2 bridgehead atoms. The van der Waals surface area contributed by atoms with E-state index in [0.717, 1.165) is 6.20 Å². The number of anilines is 3. The van der Waals surface area contributed by atoms with Crippen molar-refractivity contribution in [3.05, 3.63) is 59.7 Å². The standard InChI is InChI=1S/C24H22F4N8O4Si/c1-41-11-32-21(37)16-9-33-36-18(29)17(12-2-4-15(5-3-12)34-23(38)39-10-24(26,27)28)19(35-20(16)36)30-7-13-6-14(25)8-31-22(13)40-41/h2-6,8-9,41H,7,10-11,29H2,1H3,(H,30,35)(H,32,37)(H,34,38)/t41-/m0/s1. The fourth-order valence-corrected chi connectivity index (χ4v) is 5.20. The van der Waals surface area contributed by atoms with Crippen molar-refractivity contribution in [1.82, 2.24) is 24.9 Å². The van der Waals surface area contributed by atoms with E-state index < -0.39 is 39.6 Å². The molecule has 4 heterocycles. The smallest absolute Gasteiger partial charge is 0.422 e. The third-order valence-electron chi connectivity index (χ3n) is 5.92. The van der Waals surface area contributed by atoms with E-state index in [1.165, 1.54) is 28.9 Å². The zero-order chi connectivity index (χ0) is 29.3. The highest BCUT2D eigenvalue weighted by molar-refractivity contribution is 6.51. The first-order chi connectivity index (χ1) is 19.5. The van der Waals surface area contributed by atoms with Crippen LogP contribution in [0.25, 0.3) is 16.8 Å². The number of carbonyl (C=O) groups excluding carboxylic acids is 2. The van der Waals surface area contributed by atoms with Gasteiger partial charge in [0.25, 0.3) is 14.9 Å². The molecule has 2 amide bonds. The average molecular weight is 591 g/mol. The van der Waals surface area contributed by atoms with Crippen LogP contribution in [0.4, 0.5) is 39.7 Å². The van der Waals surface area contributed by atoms with Crippen LogP contribution in [-0.4, -0.2) is 59.6 Å². The largest absolute Gasteiger partial charge is 0.532 e. The fraction of sp³-hybridized carbons (Fsp3) is 0.208. The predicted octanol–water partition coefficient (Wildman–Crippen LogP) is 3.25. The topological polar surface area (TPSA) is 158 Å². The molecule has 4 aromatic rings. The zero-order valence-electron chi connectivity index (χ0n) is 21.3. The second-order valence-corrected chi connectivity index (χ2v) is 11.3. The summed E-state index contributed by atoms with van der Waals surface area (Å²) in [4.78, 5) is 33.4. The van der Waals surface area contributed by atoms with Crippen LogP contribution in [0.15, 0.2) is 42.7 Å². The maximum absolute atomic E-state index is 14.1. The average Bonchev–Trinajstić information content (AvgIpc) is 3.35. The lowest BCUT2D eigenvalue weighted by atomic mass is 10.1. The van der Waals surface area contributed by atoms with E-state index in [9.17, 15) is 27.2 Å². The van der Waals surface area contributed by atoms with Crippen LogP contribution in [0.1, 0.15) is 15.9 Å². The molecule has 0 unspecified atom stereocenters. The molecule has 0 aliphatic carbocycles. The number of pyridine rings is 1. The highest BCUT2D eigenvalue weighted by atomic mass is 28.3. The molecule has 0 radical (unpaired) electrons. The van der Waals surface area contributed by atoms with Gasteiger partial charge in [-0.1, -0.05) is 12.1 Å². The first-order valence-electron chi connectivity index (χ1n) is 12.1. The quantitative estimate of drug-likeness (QED) is 0.208. The molecule has 1 aliphatic heterocycles. The number of nitrogens with one attached hydrogen (secondary N) is 3. The number of rotatable bonds is 3. The maximum atomic E-state index is 14.1. The number of halogens is 4. The molecule has 1 aromatic carbocycles. The first kappa shape index (κ1) is 27.6. The monoisotopic (exact) mass is 590 g/mol. The number of nitrogen functional groups attached to an aromatic ring is 1. The lowest BCUT2D eigenvalue weighted by Gasteiger charge is -2.18. The first-order valence-corrected chi connectivity index (χ1v) is 14.5. The summed E-state index contributed by atoms with van der Waals surface area (Å²) in [6.45, 7) is 0.164. The summed E-state index contributed by atoms with van der Waals surface area (Å²) in [5, 5.41) is 12.4. The van der Waals surface area contributed by atoms with Crippen molar-refractivity contribution in [2.24, 2.45) is 0 Å². The van der Waals surface area contributed by atoms with Gasteiger partial charge in [-0.15, -0.1) is 0 Å². The number of nitrogens with zero attached hydrogens (tertiary/aromatic N) is 4. The number of ether oxygens (including phenoxy) is 1. The van der Waals surface area contributed by atoms with Gasteiger partial charge >= 0.3 is 12.3 Å². The van der Waals surface area contributed by atoms with Gasteiger partial charge < -0.3 is 25.5 Å². The Morgan fingerprint density at radius 2 is 2.00 bits per heavy atom. The van der Waals surface area contributed by atoms with E-state index in [1.807, 2.05) is 6.55 Å². The minimum atomic E-state index is -4.66. The number of nitrogens with two attached hydrogens (primary N) is 1. The van der Waals surface area contributed by atoms with Crippen LogP contribution in [0, 0.1) is 5.82 Å². The Morgan fingerprint density at radius 1 is 1.24 bits per heavy atom. The molecule has 3 aromatic heterocycles. The van der Waals surface area contributed by atoms with Gasteiger partial charge in [0.05, 0.1) is 18.0 Å². The van der Waals surface area contributed by atoms with Crippen molar-refractivity contribution in [2.45, 2.75) is 19.3 Å². The molecule has 41 heavy (non-hydrogen) atoms. The summed E-state index contributed by atoms with van der Waals surface area (Å²) in [5.41, 5.74) is 8.24. The Balaban J connectivity index is 1.53. The van der Waals surface area contributed by atoms with Gasteiger partial charge in [0.1, 0.15) is 23.0 Å². The van der Waals surface area contributed by atoms with Crippen LogP contribution in [0.5, 0.6) is 5.88 Å². The number of aromatic nitrogens is 4. The number of alkyl halides is 3. The van der Waals surface area contributed by atoms with Gasteiger partial charge in [0, 0.05) is 24.0 Å². The van der Waals surface area contributed by atoms with Crippen LogP contribution < -0.4 is 26.1 Å². The number of amides is 2. The van der Waals surface area contributed by atoms with Crippen molar-refractivity contribution in [1.29, 1.82) is 0 Å². The summed E-state index contributed by atoms with van der Waals surface area (Å²) in [5.74, 6) is -0.465. The molecular weight excluding hydrogens is 568 g/mol. The van der Waals surface area contributed by atoms with E-state index >= 15 is 0 Å². The number of carbonyl (C=O) groups is 2. The van der Waals surface area contributed by atoms with Gasteiger partial charge in [-0.3, -0.25) is 10.1 Å². The van der Waals surface area contributed by atoms with E-state index in [1.54, 1.807) is 12.1 Å². The number of fused-ring (bicyclic) bond motifs is 2. The number of benzene rings is 1.